The van der Waals surface area contributed by atoms with Crippen molar-refractivity contribution < 1.29 is 14.4 Å². The highest BCUT2D eigenvalue weighted by Crippen LogP contribution is 2.29. The van der Waals surface area contributed by atoms with Gasteiger partial charge in [-0.25, -0.2) is 0 Å². The maximum absolute atomic E-state index is 10.3. The number of benzene rings is 2. The van der Waals surface area contributed by atoms with Crippen LogP contribution < -0.4 is 9.47 Å². The normalized spacial score (nSPS) is 10.6. The zero-order valence-corrected chi connectivity index (χ0v) is 13.4. The summed E-state index contributed by atoms with van der Waals surface area (Å²) in [6, 6.07) is 13.0. The van der Waals surface area contributed by atoms with Crippen LogP contribution in [0, 0.1) is 10.1 Å². The van der Waals surface area contributed by atoms with E-state index >= 15 is 0 Å². The average Bonchev–Trinajstić information content (AvgIpc) is 2.52. The van der Waals surface area contributed by atoms with Crippen LogP contribution in [0.15, 0.2) is 53.1 Å². The Kier molecular flexibility index (Phi) is 5.55. The Bertz CT molecular complexity index is 683. The third-order valence-electron chi connectivity index (χ3n) is 2.88. The predicted octanol–water partition coefficient (Wildman–Crippen LogP) is 4.28. The van der Waals surface area contributed by atoms with Gasteiger partial charge in [-0.1, -0.05) is 34.1 Å². The molecule has 0 aliphatic heterocycles. The van der Waals surface area contributed by atoms with E-state index < -0.39 is 4.92 Å². The monoisotopic (exact) mass is 363 g/mol. The molecule has 22 heavy (non-hydrogen) atoms. The van der Waals surface area contributed by atoms with Crippen LogP contribution in [-0.4, -0.2) is 12.0 Å². The second-order valence-electron chi connectivity index (χ2n) is 4.43. The number of rotatable bonds is 6. The summed E-state index contributed by atoms with van der Waals surface area (Å²) in [4.78, 5) is 9.83. The molecule has 0 aromatic heterocycles. The van der Waals surface area contributed by atoms with Gasteiger partial charge in [0.05, 0.1) is 12.0 Å². The van der Waals surface area contributed by atoms with Gasteiger partial charge in [0, 0.05) is 10.5 Å². The minimum absolute atomic E-state index is 0.410. The van der Waals surface area contributed by atoms with E-state index in [0.717, 1.165) is 16.2 Å². The number of hydrogen-bond acceptors (Lipinski definition) is 4. The molecule has 0 bridgehead atoms. The van der Waals surface area contributed by atoms with Gasteiger partial charge in [0.25, 0.3) is 0 Å². The maximum Gasteiger partial charge on any atom is 0.235 e. The first-order valence-electron chi connectivity index (χ1n) is 6.45. The van der Waals surface area contributed by atoms with Gasteiger partial charge in [-0.15, -0.1) is 0 Å². The molecule has 0 saturated carbocycles. The van der Waals surface area contributed by atoms with E-state index in [9.17, 15) is 10.1 Å². The molecule has 0 fully saturated rings. The summed E-state index contributed by atoms with van der Waals surface area (Å²) in [5.74, 6) is 1.12. The summed E-state index contributed by atoms with van der Waals surface area (Å²) in [5.41, 5.74) is 1.70. The number of methoxy groups -OCH3 is 1. The summed E-state index contributed by atoms with van der Waals surface area (Å²) in [6.45, 7) is 0.410. The van der Waals surface area contributed by atoms with Crippen LogP contribution in [0.1, 0.15) is 11.1 Å². The van der Waals surface area contributed by atoms with Crippen molar-refractivity contribution in [2.75, 3.05) is 7.11 Å². The Morgan fingerprint density at radius 2 is 1.91 bits per heavy atom. The lowest BCUT2D eigenvalue weighted by atomic mass is 10.2. The van der Waals surface area contributed by atoms with E-state index in [-0.39, 0.29) is 0 Å². The molecule has 2 rings (SSSR count). The van der Waals surface area contributed by atoms with E-state index in [1.54, 1.807) is 18.2 Å². The van der Waals surface area contributed by atoms with Crippen molar-refractivity contribution in [1.82, 2.24) is 0 Å². The van der Waals surface area contributed by atoms with Crippen LogP contribution in [-0.2, 0) is 6.61 Å². The van der Waals surface area contributed by atoms with Gasteiger partial charge in [0.15, 0.2) is 11.5 Å². The highest BCUT2D eigenvalue weighted by atomic mass is 79.9. The summed E-state index contributed by atoms with van der Waals surface area (Å²) in [7, 11) is 1.53. The molecule has 2 aromatic rings. The first-order chi connectivity index (χ1) is 10.6. The molecule has 0 heterocycles. The molecule has 0 unspecified atom stereocenters. The third kappa shape index (κ3) is 4.60. The lowest BCUT2D eigenvalue weighted by molar-refractivity contribution is -0.400. The first-order valence-corrected chi connectivity index (χ1v) is 7.25. The van der Waals surface area contributed by atoms with Crippen LogP contribution in [0.25, 0.3) is 6.08 Å². The van der Waals surface area contributed by atoms with Gasteiger partial charge < -0.3 is 9.47 Å². The fourth-order valence-corrected chi connectivity index (χ4v) is 2.06. The highest BCUT2D eigenvalue weighted by molar-refractivity contribution is 9.10. The Labute approximate surface area is 136 Å². The minimum Gasteiger partial charge on any atom is -0.493 e. The molecule has 0 saturated heterocycles. The zero-order chi connectivity index (χ0) is 15.9. The van der Waals surface area contributed by atoms with Gasteiger partial charge in [0.2, 0.25) is 6.20 Å². The highest BCUT2D eigenvalue weighted by Gasteiger charge is 2.06. The minimum atomic E-state index is -0.510. The van der Waals surface area contributed by atoms with Crippen molar-refractivity contribution >= 4 is 22.0 Å². The Balaban J connectivity index is 2.10. The van der Waals surface area contributed by atoms with Crippen LogP contribution in [0.3, 0.4) is 0 Å². The van der Waals surface area contributed by atoms with Crippen molar-refractivity contribution in [2.24, 2.45) is 0 Å². The first kappa shape index (κ1) is 16.0. The summed E-state index contributed by atoms with van der Waals surface area (Å²) >= 11 is 3.38. The van der Waals surface area contributed by atoms with Crippen LogP contribution >= 0.6 is 15.9 Å². The number of nitro groups is 1. The molecule has 0 spiro atoms. The molecule has 0 N–H and O–H groups in total. The Morgan fingerprint density at radius 1 is 1.18 bits per heavy atom. The summed E-state index contributed by atoms with van der Waals surface area (Å²) in [5, 5.41) is 10.3. The quantitative estimate of drug-likeness (QED) is 0.567. The Hall–Kier alpha value is -2.34. The van der Waals surface area contributed by atoms with Crippen molar-refractivity contribution in [2.45, 2.75) is 6.61 Å². The second kappa shape index (κ2) is 7.61. The van der Waals surface area contributed by atoms with Gasteiger partial charge in [-0.3, -0.25) is 10.1 Å². The van der Waals surface area contributed by atoms with Crippen molar-refractivity contribution in [1.29, 1.82) is 0 Å². The lowest BCUT2D eigenvalue weighted by Crippen LogP contribution is -1.98. The topological polar surface area (TPSA) is 61.6 Å². The summed E-state index contributed by atoms with van der Waals surface area (Å²) < 4.78 is 12.0. The summed E-state index contributed by atoms with van der Waals surface area (Å²) in [6.07, 6.45) is 2.29. The smallest absolute Gasteiger partial charge is 0.235 e. The SMILES string of the molecule is COc1cc(/C=C/[N+](=O)[O-])ccc1OCc1ccc(Br)cc1. The fourth-order valence-electron chi connectivity index (χ4n) is 1.80. The third-order valence-corrected chi connectivity index (χ3v) is 3.41. The zero-order valence-electron chi connectivity index (χ0n) is 11.9. The van der Waals surface area contributed by atoms with Crippen molar-refractivity contribution in [3.05, 3.63) is 74.4 Å². The lowest BCUT2D eigenvalue weighted by Gasteiger charge is -2.11. The molecule has 0 atom stereocenters. The molecule has 0 radical (unpaired) electrons. The van der Waals surface area contributed by atoms with Gasteiger partial charge in [-0.2, -0.15) is 0 Å². The molecule has 2 aromatic carbocycles. The standard InChI is InChI=1S/C16H14BrNO4/c1-21-16-10-12(8-9-18(19)20)4-7-15(16)22-11-13-2-5-14(17)6-3-13/h2-10H,11H2,1H3/b9-8+. The van der Waals surface area contributed by atoms with Crippen LogP contribution in [0.5, 0.6) is 11.5 Å². The van der Waals surface area contributed by atoms with Gasteiger partial charge in [-0.05, 0) is 35.4 Å². The molecular formula is C16H14BrNO4. The maximum atomic E-state index is 10.3. The molecule has 0 aliphatic carbocycles. The molecule has 114 valence electrons. The molecule has 5 nitrogen and oxygen atoms in total. The predicted molar refractivity (Wildman–Crippen MR) is 87.5 cm³/mol. The van der Waals surface area contributed by atoms with E-state index in [2.05, 4.69) is 15.9 Å². The van der Waals surface area contributed by atoms with E-state index in [1.807, 2.05) is 24.3 Å². The molecule has 0 amide bonds. The van der Waals surface area contributed by atoms with Crippen LogP contribution in [0.4, 0.5) is 0 Å². The molecular weight excluding hydrogens is 350 g/mol. The van der Waals surface area contributed by atoms with E-state index in [0.29, 0.717) is 23.7 Å². The van der Waals surface area contributed by atoms with Crippen LogP contribution in [0.2, 0.25) is 0 Å². The van der Waals surface area contributed by atoms with Gasteiger partial charge in [0.1, 0.15) is 6.61 Å². The molecule has 6 heteroatoms. The van der Waals surface area contributed by atoms with Crippen molar-refractivity contribution in [3.63, 3.8) is 0 Å². The van der Waals surface area contributed by atoms with Crippen molar-refractivity contribution in [3.8, 4) is 11.5 Å². The fraction of sp³-hybridized carbons (Fsp3) is 0.125. The number of ether oxygens (including phenoxy) is 2. The average molecular weight is 364 g/mol. The largest absolute Gasteiger partial charge is 0.493 e. The Morgan fingerprint density at radius 3 is 2.55 bits per heavy atom. The van der Waals surface area contributed by atoms with E-state index in [1.165, 1.54) is 13.2 Å². The number of nitrogens with zero attached hydrogens (tertiary/aromatic N) is 1. The number of halogens is 1. The van der Waals surface area contributed by atoms with E-state index in [4.69, 9.17) is 9.47 Å². The second-order valence-corrected chi connectivity index (χ2v) is 5.34. The van der Waals surface area contributed by atoms with Gasteiger partial charge >= 0.3 is 0 Å². The number of hydrogen-bond donors (Lipinski definition) is 0. The molecule has 0 aliphatic rings.